The molecule has 0 atom stereocenters. The van der Waals surface area contributed by atoms with Gasteiger partial charge in [-0.2, -0.15) is 4.31 Å². The van der Waals surface area contributed by atoms with Crippen molar-refractivity contribution in [3.63, 3.8) is 0 Å². The lowest BCUT2D eigenvalue weighted by atomic mass is 9.95. The average molecular weight is 491 g/mol. The Morgan fingerprint density at radius 2 is 1.41 bits per heavy atom. The van der Waals surface area contributed by atoms with Gasteiger partial charge in [0, 0.05) is 50.7 Å². The van der Waals surface area contributed by atoms with Crippen molar-refractivity contribution in [3.8, 4) is 0 Å². The normalized spacial score (nSPS) is 22.2. The summed E-state index contributed by atoms with van der Waals surface area (Å²) in [5, 5.41) is 0. The zero-order chi connectivity index (χ0) is 24.5. The van der Waals surface area contributed by atoms with E-state index in [4.69, 9.17) is 5.73 Å². The van der Waals surface area contributed by atoms with Gasteiger partial charge in [-0.3, -0.25) is 9.59 Å². The first-order valence-electron chi connectivity index (χ1n) is 12.6. The van der Waals surface area contributed by atoms with E-state index in [1.165, 1.54) is 0 Å². The molecular weight excluding hydrogens is 452 g/mol. The van der Waals surface area contributed by atoms with Gasteiger partial charge < -0.3 is 15.5 Å². The molecule has 0 unspecified atom stereocenters. The molecule has 0 bridgehead atoms. The maximum atomic E-state index is 13.8. The van der Waals surface area contributed by atoms with E-state index in [0.717, 1.165) is 38.8 Å². The number of nitrogens with zero attached hydrogens (tertiary/aromatic N) is 3. The van der Waals surface area contributed by atoms with Crippen molar-refractivity contribution >= 4 is 27.5 Å². The second kappa shape index (κ2) is 10.2. The van der Waals surface area contributed by atoms with Gasteiger partial charge in [-0.15, -0.1) is 0 Å². The molecule has 9 heteroatoms. The third-order valence-corrected chi connectivity index (χ3v) is 9.80. The minimum absolute atomic E-state index is 0.189. The number of carbonyl (C=O) groups excluding carboxylic acids is 2. The molecule has 3 aliphatic rings. The van der Waals surface area contributed by atoms with Crippen LogP contribution in [0.2, 0.25) is 0 Å². The number of sulfonamides is 1. The molecule has 1 aromatic carbocycles. The largest absolute Gasteiger partial charge is 0.370 e. The SMILES string of the molecule is CC1CCN(c2ccc(C(=O)N3CCC(C(N)=O)CC3)cc2S(=O)(=O)N2CCC(C)CC2)CC1. The molecule has 0 aromatic heterocycles. The van der Waals surface area contributed by atoms with Gasteiger partial charge in [-0.05, 0) is 68.6 Å². The Balaban J connectivity index is 1.63. The average Bonchev–Trinajstić information content (AvgIpc) is 2.84. The molecule has 3 saturated heterocycles. The number of anilines is 1. The van der Waals surface area contributed by atoms with Gasteiger partial charge in [0.05, 0.1) is 5.69 Å². The van der Waals surface area contributed by atoms with Crippen molar-refractivity contribution in [1.82, 2.24) is 9.21 Å². The van der Waals surface area contributed by atoms with Crippen LogP contribution in [0.25, 0.3) is 0 Å². The summed E-state index contributed by atoms with van der Waals surface area (Å²) < 4.78 is 29.2. The van der Waals surface area contributed by atoms with Gasteiger partial charge in [-0.25, -0.2) is 8.42 Å². The van der Waals surface area contributed by atoms with Gasteiger partial charge in [0.1, 0.15) is 4.90 Å². The zero-order valence-corrected chi connectivity index (χ0v) is 21.2. The molecular formula is C25H38N4O4S. The van der Waals surface area contributed by atoms with Crippen molar-refractivity contribution in [1.29, 1.82) is 0 Å². The molecule has 0 saturated carbocycles. The van der Waals surface area contributed by atoms with E-state index in [0.29, 0.717) is 62.1 Å². The molecule has 1 aromatic rings. The Labute approximate surface area is 203 Å². The standard InChI is InChI=1S/C25H38N4O4S/c1-18-5-11-27(12-6-18)22-4-3-21(25(31)28-13-9-20(10-14-28)24(26)30)17-23(22)34(32,33)29-15-7-19(2)8-16-29/h3-4,17-20H,5-16H2,1-2H3,(H2,26,30). The first kappa shape index (κ1) is 25.0. The van der Waals surface area contributed by atoms with Crippen LogP contribution in [-0.4, -0.2) is 68.7 Å². The molecule has 0 aliphatic carbocycles. The van der Waals surface area contributed by atoms with E-state index >= 15 is 0 Å². The molecule has 34 heavy (non-hydrogen) atoms. The van der Waals surface area contributed by atoms with Gasteiger partial charge >= 0.3 is 0 Å². The molecule has 0 radical (unpaired) electrons. The van der Waals surface area contributed by atoms with Gasteiger partial charge in [-0.1, -0.05) is 13.8 Å². The van der Waals surface area contributed by atoms with E-state index in [9.17, 15) is 18.0 Å². The summed E-state index contributed by atoms with van der Waals surface area (Å²) in [6, 6.07) is 5.16. The molecule has 2 N–H and O–H groups in total. The van der Waals surface area contributed by atoms with Crippen molar-refractivity contribution < 1.29 is 18.0 Å². The van der Waals surface area contributed by atoms with Crippen molar-refractivity contribution in [2.45, 2.75) is 57.3 Å². The predicted molar refractivity (Wildman–Crippen MR) is 132 cm³/mol. The minimum atomic E-state index is -3.73. The first-order valence-corrected chi connectivity index (χ1v) is 14.1. The number of rotatable bonds is 5. The molecule has 3 fully saturated rings. The topological polar surface area (TPSA) is 104 Å². The van der Waals surface area contributed by atoms with Crippen molar-refractivity contribution in [3.05, 3.63) is 23.8 Å². The van der Waals surface area contributed by atoms with Crippen LogP contribution in [0.4, 0.5) is 5.69 Å². The fourth-order valence-corrected chi connectivity index (χ4v) is 6.99. The summed E-state index contributed by atoms with van der Waals surface area (Å²) in [5.41, 5.74) is 6.51. The number of nitrogens with two attached hydrogens (primary N) is 1. The monoisotopic (exact) mass is 490 g/mol. The summed E-state index contributed by atoms with van der Waals surface area (Å²) in [4.78, 5) is 28.9. The predicted octanol–water partition coefficient (Wildman–Crippen LogP) is 2.68. The lowest BCUT2D eigenvalue weighted by Crippen LogP contribution is -2.42. The number of primary amides is 1. The van der Waals surface area contributed by atoms with E-state index in [1.807, 2.05) is 6.07 Å². The van der Waals surface area contributed by atoms with Crippen LogP contribution >= 0.6 is 0 Å². The number of piperidine rings is 3. The van der Waals surface area contributed by atoms with E-state index in [-0.39, 0.29) is 22.6 Å². The highest BCUT2D eigenvalue weighted by molar-refractivity contribution is 7.89. The van der Waals surface area contributed by atoms with Crippen molar-refractivity contribution in [2.75, 3.05) is 44.2 Å². The number of carbonyl (C=O) groups is 2. The summed E-state index contributed by atoms with van der Waals surface area (Å²) in [6.07, 6.45) is 4.84. The van der Waals surface area contributed by atoms with Gasteiger partial charge in [0.15, 0.2) is 0 Å². The zero-order valence-electron chi connectivity index (χ0n) is 20.4. The van der Waals surface area contributed by atoms with Crippen LogP contribution in [0.5, 0.6) is 0 Å². The highest BCUT2D eigenvalue weighted by Crippen LogP contribution is 2.34. The quantitative estimate of drug-likeness (QED) is 0.683. The molecule has 3 heterocycles. The van der Waals surface area contributed by atoms with Crippen LogP contribution in [0, 0.1) is 17.8 Å². The van der Waals surface area contributed by atoms with Gasteiger partial charge in [0.25, 0.3) is 5.91 Å². The highest BCUT2D eigenvalue weighted by atomic mass is 32.2. The molecule has 2 amide bonds. The summed E-state index contributed by atoms with van der Waals surface area (Å²) >= 11 is 0. The third-order valence-electron chi connectivity index (χ3n) is 7.88. The highest BCUT2D eigenvalue weighted by Gasteiger charge is 2.34. The first-order chi connectivity index (χ1) is 16.2. The number of likely N-dealkylation sites (tertiary alicyclic amines) is 1. The number of benzene rings is 1. The van der Waals surface area contributed by atoms with Crippen LogP contribution in [-0.2, 0) is 14.8 Å². The van der Waals surface area contributed by atoms with Crippen LogP contribution in [0.3, 0.4) is 0 Å². The Morgan fingerprint density at radius 1 is 0.853 bits per heavy atom. The summed E-state index contributed by atoms with van der Waals surface area (Å²) in [7, 11) is -3.73. The number of hydrogen-bond donors (Lipinski definition) is 1. The molecule has 3 aliphatic heterocycles. The van der Waals surface area contributed by atoms with Crippen LogP contribution in [0.1, 0.15) is 62.7 Å². The van der Waals surface area contributed by atoms with Crippen molar-refractivity contribution in [2.24, 2.45) is 23.5 Å². The van der Waals surface area contributed by atoms with E-state index in [2.05, 4.69) is 18.7 Å². The van der Waals surface area contributed by atoms with Crippen LogP contribution < -0.4 is 10.6 Å². The second-order valence-electron chi connectivity index (χ2n) is 10.4. The number of hydrogen-bond acceptors (Lipinski definition) is 5. The Kier molecular flexibility index (Phi) is 7.52. The lowest BCUT2D eigenvalue weighted by molar-refractivity contribution is -0.123. The fraction of sp³-hybridized carbons (Fsp3) is 0.680. The van der Waals surface area contributed by atoms with E-state index in [1.54, 1.807) is 21.3 Å². The Hall–Kier alpha value is -2.13. The number of amides is 2. The smallest absolute Gasteiger partial charge is 0.253 e. The lowest BCUT2D eigenvalue weighted by Gasteiger charge is -2.35. The maximum Gasteiger partial charge on any atom is 0.253 e. The van der Waals surface area contributed by atoms with E-state index < -0.39 is 10.0 Å². The molecule has 4 rings (SSSR count). The molecule has 0 spiro atoms. The summed E-state index contributed by atoms with van der Waals surface area (Å²) in [5.74, 6) is 0.433. The summed E-state index contributed by atoms with van der Waals surface area (Å²) in [6.45, 7) is 7.94. The Morgan fingerprint density at radius 3 is 1.97 bits per heavy atom. The maximum absolute atomic E-state index is 13.8. The fourth-order valence-electron chi connectivity index (χ4n) is 5.28. The van der Waals surface area contributed by atoms with Gasteiger partial charge in [0.2, 0.25) is 15.9 Å². The molecule has 8 nitrogen and oxygen atoms in total. The third kappa shape index (κ3) is 5.25. The second-order valence-corrected chi connectivity index (χ2v) is 12.3. The minimum Gasteiger partial charge on any atom is -0.370 e. The van der Waals surface area contributed by atoms with Crippen LogP contribution in [0.15, 0.2) is 23.1 Å². The molecule has 188 valence electrons. The Bertz CT molecular complexity index is 1000.